The molecule has 0 saturated heterocycles. The highest BCUT2D eigenvalue weighted by Crippen LogP contribution is 2.40. The Labute approximate surface area is 117 Å². The van der Waals surface area contributed by atoms with Crippen molar-refractivity contribution in [2.45, 2.75) is 26.4 Å². The molecule has 0 atom stereocenters. The fourth-order valence-corrected chi connectivity index (χ4v) is 4.90. The average Bonchev–Trinajstić information content (AvgIpc) is 2.75. The molecule has 95 valence electrons. The Kier molecular flexibility index (Phi) is 3.15. The van der Waals surface area contributed by atoms with Crippen LogP contribution in [0.1, 0.15) is 18.1 Å². The minimum absolute atomic E-state index is 0.422. The quantitative estimate of drug-likeness (QED) is 0.671. The van der Waals surface area contributed by atoms with Crippen LogP contribution in [0, 0.1) is 0 Å². The van der Waals surface area contributed by atoms with E-state index in [2.05, 4.69) is 68.5 Å². The smallest absolute Gasteiger partial charge is 0.0693 e. The van der Waals surface area contributed by atoms with Crippen molar-refractivity contribution in [2.75, 3.05) is 0 Å². The van der Waals surface area contributed by atoms with Crippen LogP contribution in [0.15, 0.2) is 54.1 Å². The van der Waals surface area contributed by atoms with Gasteiger partial charge in [-0.1, -0.05) is 72.4 Å². The summed E-state index contributed by atoms with van der Waals surface area (Å²) in [5.74, 6) is 0. The fraction of sp³-hybridized carbons (Fsp3) is 0.222. The average molecular weight is 263 g/mol. The fourth-order valence-electron chi connectivity index (χ4n) is 3.17. The molecule has 1 aliphatic carbocycles. The van der Waals surface area contributed by atoms with Gasteiger partial charge >= 0.3 is 0 Å². The number of allylic oxidation sites excluding steroid dienone is 1. The van der Waals surface area contributed by atoms with Crippen LogP contribution < -0.4 is 0 Å². The summed E-state index contributed by atoms with van der Waals surface area (Å²) in [6.45, 7) is 7.11. The summed E-state index contributed by atoms with van der Waals surface area (Å²) in [7, 11) is -0.422. The second-order valence-corrected chi connectivity index (χ2v) is 8.04. The molecule has 0 aromatic heterocycles. The van der Waals surface area contributed by atoms with Crippen molar-refractivity contribution in [1.29, 1.82) is 0 Å². The summed E-state index contributed by atoms with van der Waals surface area (Å²) < 4.78 is 0. The highest BCUT2D eigenvalue weighted by atomic mass is 28.3. The van der Waals surface area contributed by atoms with Crippen LogP contribution in [-0.2, 0) is 6.42 Å². The second kappa shape index (κ2) is 4.82. The lowest BCUT2D eigenvalue weighted by atomic mass is 9.97. The van der Waals surface area contributed by atoms with Crippen molar-refractivity contribution in [1.82, 2.24) is 0 Å². The van der Waals surface area contributed by atoms with Crippen molar-refractivity contribution >= 4 is 14.0 Å². The molecule has 2 aromatic rings. The van der Waals surface area contributed by atoms with Crippen LogP contribution in [0.25, 0.3) is 16.3 Å². The van der Waals surface area contributed by atoms with Gasteiger partial charge in [-0.3, -0.25) is 0 Å². The highest BCUT2D eigenvalue weighted by molar-refractivity contribution is 6.77. The van der Waals surface area contributed by atoms with Gasteiger partial charge in [-0.25, -0.2) is 0 Å². The minimum Gasteiger partial charge on any atom is -0.0693 e. The normalized spacial score (nSPS) is 14.1. The largest absolute Gasteiger partial charge is 0.0799 e. The Hall–Kier alpha value is -1.60. The monoisotopic (exact) mass is 263 g/mol. The summed E-state index contributed by atoms with van der Waals surface area (Å²) in [5.41, 5.74) is 7.38. The van der Waals surface area contributed by atoms with Gasteiger partial charge in [-0.05, 0) is 35.6 Å². The maximum absolute atomic E-state index is 2.40. The topological polar surface area (TPSA) is 0 Å². The molecule has 0 nitrogen and oxygen atoms in total. The van der Waals surface area contributed by atoms with Crippen LogP contribution in [0.3, 0.4) is 0 Å². The molecule has 0 spiro atoms. The first-order valence-corrected chi connectivity index (χ1v) is 9.36. The first-order valence-electron chi connectivity index (χ1n) is 6.86. The van der Waals surface area contributed by atoms with Gasteiger partial charge in [-0.15, -0.1) is 0 Å². The van der Waals surface area contributed by atoms with Crippen LogP contribution in [0.4, 0.5) is 0 Å². The highest BCUT2D eigenvalue weighted by Gasteiger charge is 2.24. The molecule has 2 aromatic carbocycles. The van der Waals surface area contributed by atoms with E-state index in [1.165, 1.54) is 22.3 Å². The number of rotatable bonds is 2. The van der Waals surface area contributed by atoms with E-state index in [-0.39, 0.29) is 0 Å². The van der Waals surface area contributed by atoms with Crippen molar-refractivity contribution < 1.29 is 0 Å². The molecule has 1 aliphatic rings. The van der Waals surface area contributed by atoms with Gasteiger partial charge in [0.2, 0.25) is 0 Å². The van der Waals surface area contributed by atoms with Gasteiger partial charge < -0.3 is 0 Å². The molecule has 0 saturated carbocycles. The van der Waals surface area contributed by atoms with Gasteiger partial charge in [0.1, 0.15) is 0 Å². The van der Waals surface area contributed by atoms with Gasteiger partial charge in [0, 0.05) is 0 Å². The van der Waals surface area contributed by atoms with E-state index in [1.807, 2.05) is 0 Å². The third kappa shape index (κ3) is 2.08. The molecule has 0 N–H and O–H groups in total. The lowest BCUT2D eigenvalue weighted by Gasteiger charge is -2.15. The van der Waals surface area contributed by atoms with Crippen molar-refractivity contribution in [3.8, 4) is 11.1 Å². The summed E-state index contributed by atoms with van der Waals surface area (Å²) in [6.07, 6.45) is 1.14. The third-order valence-corrected chi connectivity index (χ3v) is 5.54. The molecule has 0 fully saturated rings. The number of hydrogen-bond donors (Lipinski definition) is 0. The van der Waals surface area contributed by atoms with E-state index in [4.69, 9.17) is 0 Å². The maximum Gasteiger partial charge on any atom is 0.0799 e. The van der Waals surface area contributed by atoms with E-state index in [1.54, 1.807) is 10.8 Å². The van der Waals surface area contributed by atoms with E-state index in [0.29, 0.717) is 0 Å². The standard InChI is InChI=1S/C18H19Si/c1-13-12-15-10-7-11-16(14-8-5-4-6-9-14)17(15)18(13)19(2)3/h4-11H,12H2,1-3H3. The minimum atomic E-state index is -0.422. The lowest BCUT2D eigenvalue weighted by Crippen LogP contribution is -2.05. The van der Waals surface area contributed by atoms with Crippen LogP contribution in [0.2, 0.25) is 13.1 Å². The summed E-state index contributed by atoms with van der Waals surface area (Å²) in [6, 6.07) is 17.6. The Balaban J connectivity index is 2.23. The SMILES string of the molecule is CC1=C([Si](C)C)c2c(cccc2-c2ccccc2)C1. The van der Waals surface area contributed by atoms with Gasteiger partial charge in [0.05, 0.1) is 8.80 Å². The molecule has 0 bridgehead atoms. The van der Waals surface area contributed by atoms with Crippen molar-refractivity contribution in [3.63, 3.8) is 0 Å². The summed E-state index contributed by atoms with van der Waals surface area (Å²) in [5, 5.41) is 1.65. The predicted octanol–water partition coefficient (Wildman–Crippen LogP) is 4.98. The Morgan fingerprint density at radius 1 is 0.895 bits per heavy atom. The Morgan fingerprint density at radius 2 is 1.63 bits per heavy atom. The van der Waals surface area contributed by atoms with E-state index in [9.17, 15) is 0 Å². The molecule has 19 heavy (non-hydrogen) atoms. The molecule has 0 heterocycles. The Bertz CT molecular complexity index is 636. The predicted molar refractivity (Wildman–Crippen MR) is 85.7 cm³/mol. The molecule has 0 aliphatic heterocycles. The first-order chi connectivity index (χ1) is 9.18. The number of benzene rings is 2. The third-order valence-electron chi connectivity index (χ3n) is 3.87. The van der Waals surface area contributed by atoms with Gasteiger partial charge in [0.25, 0.3) is 0 Å². The molecular formula is C18H19Si. The number of fused-ring (bicyclic) bond motifs is 1. The molecule has 0 unspecified atom stereocenters. The first kappa shape index (κ1) is 12.4. The molecule has 1 radical (unpaired) electrons. The molecule has 0 amide bonds. The molecule has 1 heteroatoms. The maximum atomic E-state index is 2.40. The zero-order chi connectivity index (χ0) is 13.4. The molecule has 3 rings (SSSR count). The van der Waals surface area contributed by atoms with E-state index < -0.39 is 8.80 Å². The van der Waals surface area contributed by atoms with Gasteiger partial charge in [-0.2, -0.15) is 0 Å². The van der Waals surface area contributed by atoms with Crippen molar-refractivity contribution in [2.24, 2.45) is 0 Å². The Morgan fingerprint density at radius 3 is 2.32 bits per heavy atom. The van der Waals surface area contributed by atoms with E-state index in [0.717, 1.165) is 6.42 Å². The second-order valence-electron chi connectivity index (χ2n) is 5.54. The lowest BCUT2D eigenvalue weighted by molar-refractivity contribution is 1.19. The van der Waals surface area contributed by atoms with E-state index >= 15 is 0 Å². The van der Waals surface area contributed by atoms with Gasteiger partial charge in [0.15, 0.2) is 0 Å². The van der Waals surface area contributed by atoms with Crippen LogP contribution in [0.5, 0.6) is 0 Å². The van der Waals surface area contributed by atoms with Crippen LogP contribution in [-0.4, -0.2) is 8.80 Å². The van der Waals surface area contributed by atoms with Crippen LogP contribution >= 0.6 is 0 Å². The zero-order valence-corrected chi connectivity index (χ0v) is 12.8. The zero-order valence-electron chi connectivity index (χ0n) is 11.8. The number of hydrogen-bond acceptors (Lipinski definition) is 0. The van der Waals surface area contributed by atoms with Crippen molar-refractivity contribution in [3.05, 3.63) is 65.2 Å². The molecular weight excluding hydrogens is 244 g/mol. The summed E-state index contributed by atoms with van der Waals surface area (Å²) in [4.78, 5) is 0. The summed E-state index contributed by atoms with van der Waals surface area (Å²) >= 11 is 0.